The number of nitrogens with zero attached hydrogens (tertiary/aromatic N) is 3. The molecule has 0 amide bonds. The van der Waals surface area contributed by atoms with Gasteiger partial charge in [-0.15, -0.1) is 0 Å². The van der Waals surface area contributed by atoms with Crippen LogP contribution in [-0.2, 0) is 5.41 Å². The third kappa shape index (κ3) is 5.98. The van der Waals surface area contributed by atoms with E-state index in [9.17, 15) is 0 Å². The quantitative estimate of drug-likeness (QED) is 0.169. The Morgan fingerprint density at radius 1 is 0.339 bits per heavy atom. The number of fused-ring (bicyclic) bond motifs is 6. The maximum atomic E-state index is 6.86. The lowest BCUT2D eigenvalue weighted by Gasteiger charge is -2.25. The fourth-order valence-electron chi connectivity index (χ4n) is 8.61. The fraction of sp³-hybridized carbons (Fsp3) is 0.0556. The molecule has 5 heteroatoms. The van der Waals surface area contributed by atoms with E-state index >= 15 is 0 Å². The number of hydrogen-bond acceptors (Lipinski definition) is 5. The zero-order valence-corrected chi connectivity index (χ0v) is 32.6. The minimum atomic E-state index is -0.153. The van der Waals surface area contributed by atoms with Gasteiger partial charge in [-0.1, -0.05) is 172 Å². The maximum absolute atomic E-state index is 6.86. The average Bonchev–Trinajstić information content (AvgIpc) is 3.54. The van der Waals surface area contributed by atoms with Gasteiger partial charge in [0.25, 0.3) is 0 Å². The van der Waals surface area contributed by atoms with Gasteiger partial charge < -0.3 is 9.47 Å². The van der Waals surface area contributed by atoms with E-state index in [4.69, 9.17) is 24.4 Å². The maximum Gasteiger partial charge on any atom is 0.178 e. The lowest BCUT2D eigenvalue weighted by atomic mass is 9.82. The van der Waals surface area contributed by atoms with Gasteiger partial charge in [-0.25, -0.2) is 15.0 Å². The van der Waals surface area contributed by atoms with E-state index in [1.807, 2.05) is 36.4 Å². The van der Waals surface area contributed by atoms with Crippen LogP contribution in [0.5, 0.6) is 23.0 Å². The molecule has 0 spiro atoms. The molecule has 1 aliphatic heterocycles. The van der Waals surface area contributed by atoms with E-state index in [1.165, 1.54) is 16.7 Å². The third-order valence-corrected chi connectivity index (χ3v) is 11.6. The van der Waals surface area contributed by atoms with E-state index in [2.05, 4.69) is 166 Å². The molecule has 0 atom stereocenters. The predicted octanol–water partition coefficient (Wildman–Crippen LogP) is 14.1. The number of ether oxygens (including phenoxy) is 2. The summed E-state index contributed by atoms with van der Waals surface area (Å²) in [5.41, 5.74) is 13.7. The Balaban J connectivity index is 1.03. The van der Waals surface area contributed by atoms with Crippen molar-refractivity contribution in [1.29, 1.82) is 0 Å². The highest BCUT2D eigenvalue weighted by Crippen LogP contribution is 2.58. The van der Waals surface area contributed by atoms with Crippen molar-refractivity contribution in [1.82, 2.24) is 15.0 Å². The monoisotopic (exact) mass is 759 g/mol. The number of hydrogen-bond donors (Lipinski definition) is 0. The average molecular weight is 760 g/mol. The first-order valence-corrected chi connectivity index (χ1v) is 19.9. The first-order valence-electron chi connectivity index (χ1n) is 19.9. The number of rotatable bonds is 6. The zero-order chi connectivity index (χ0) is 39.5. The normalized spacial score (nSPS) is 13.0. The second-order valence-corrected chi connectivity index (χ2v) is 15.6. The van der Waals surface area contributed by atoms with E-state index in [1.54, 1.807) is 0 Å². The summed E-state index contributed by atoms with van der Waals surface area (Å²) in [5.74, 6) is 4.57. The molecule has 0 saturated heterocycles. The molecule has 2 heterocycles. The summed E-state index contributed by atoms with van der Waals surface area (Å²) in [6.07, 6.45) is 0. The molecule has 1 aliphatic carbocycles. The standard InChI is InChI=1S/C54H37N3O2/c1-54(2)44-26-12-11-25-43(44)49-45(54)28-30-47-50(49)59-48-33-38(27-29-46(48)58-47)41-23-9-10-24-42(41)53-56-51(39-21-13-19-36(31-39)34-15-5-3-6-16-34)55-52(57-53)40-22-14-20-37(32-40)35-17-7-4-8-18-35/h3-33H,1-2H3. The van der Waals surface area contributed by atoms with Crippen LogP contribution in [0.1, 0.15) is 25.0 Å². The highest BCUT2D eigenvalue weighted by atomic mass is 16.6. The van der Waals surface area contributed by atoms with Gasteiger partial charge in [-0.05, 0) is 80.4 Å². The molecular formula is C54H37N3O2. The summed E-state index contributed by atoms with van der Waals surface area (Å²) in [7, 11) is 0. The van der Waals surface area contributed by atoms with Gasteiger partial charge >= 0.3 is 0 Å². The van der Waals surface area contributed by atoms with Gasteiger partial charge in [0.05, 0.1) is 0 Å². The molecule has 2 aliphatic rings. The van der Waals surface area contributed by atoms with Gasteiger partial charge in [0.15, 0.2) is 40.5 Å². The molecule has 0 N–H and O–H groups in total. The molecule has 0 fully saturated rings. The molecule has 5 nitrogen and oxygen atoms in total. The lowest BCUT2D eigenvalue weighted by Crippen LogP contribution is -2.15. The Morgan fingerprint density at radius 3 is 1.53 bits per heavy atom. The van der Waals surface area contributed by atoms with E-state index < -0.39 is 0 Å². The van der Waals surface area contributed by atoms with Crippen LogP contribution in [-0.4, -0.2) is 15.0 Å². The summed E-state index contributed by atoms with van der Waals surface area (Å²) < 4.78 is 13.4. The number of benzene rings is 8. The Bertz CT molecular complexity index is 2980. The van der Waals surface area contributed by atoms with Crippen molar-refractivity contribution in [2.45, 2.75) is 19.3 Å². The second kappa shape index (κ2) is 13.8. The first-order chi connectivity index (χ1) is 29.0. The highest BCUT2D eigenvalue weighted by molar-refractivity contribution is 5.89. The van der Waals surface area contributed by atoms with Gasteiger partial charge in [0.1, 0.15) is 0 Å². The molecule has 59 heavy (non-hydrogen) atoms. The minimum absolute atomic E-state index is 0.153. The topological polar surface area (TPSA) is 57.1 Å². The highest BCUT2D eigenvalue weighted by Gasteiger charge is 2.39. The van der Waals surface area contributed by atoms with Crippen LogP contribution < -0.4 is 9.47 Å². The number of aromatic nitrogens is 3. The van der Waals surface area contributed by atoms with E-state index in [-0.39, 0.29) is 5.41 Å². The van der Waals surface area contributed by atoms with Gasteiger partial charge in [0.2, 0.25) is 0 Å². The van der Waals surface area contributed by atoms with Crippen LogP contribution in [0.4, 0.5) is 0 Å². The molecule has 0 saturated carbocycles. The summed E-state index contributed by atoms with van der Waals surface area (Å²) in [6.45, 7) is 4.55. The largest absolute Gasteiger partial charge is 0.449 e. The van der Waals surface area contributed by atoms with E-state index in [0.29, 0.717) is 29.0 Å². The Kier molecular flexibility index (Phi) is 8.09. The van der Waals surface area contributed by atoms with Crippen LogP contribution in [0, 0.1) is 0 Å². The molecule has 0 unspecified atom stereocenters. The van der Waals surface area contributed by atoms with Crippen LogP contribution in [0.25, 0.3) is 78.7 Å². The second-order valence-electron chi connectivity index (χ2n) is 15.6. The molecule has 0 bridgehead atoms. The van der Waals surface area contributed by atoms with Crippen LogP contribution in [0.2, 0.25) is 0 Å². The molecule has 0 radical (unpaired) electrons. The fourth-order valence-corrected chi connectivity index (χ4v) is 8.61. The summed E-state index contributed by atoms with van der Waals surface area (Å²) in [5, 5.41) is 0. The van der Waals surface area contributed by atoms with Gasteiger partial charge in [-0.2, -0.15) is 0 Å². The van der Waals surface area contributed by atoms with Crippen molar-refractivity contribution >= 4 is 0 Å². The predicted molar refractivity (Wildman–Crippen MR) is 237 cm³/mol. The SMILES string of the molecule is CC1(C)c2ccccc2-c2c1ccc1c2Oc2cc(-c3ccccc3-c3nc(-c4cccc(-c5ccccc5)c4)nc(-c4cccc(-c5ccccc5)c4)n3)ccc2O1. The van der Waals surface area contributed by atoms with Crippen molar-refractivity contribution in [2.24, 2.45) is 0 Å². The van der Waals surface area contributed by atoms with Crippen molar-refractivity contribution in [3.05, 3.63) is 199 Å². The Labute approximate surface area is 343 Å². The third-order valence-electron chi connectivity index (χ3n) is 11.6. The minimum Gasteiger partial charge on any atom is -0.449 e. The molecular weight excluding hydrogens is 723 g/mol. The van der Waals surface area contributed by atoms with Crippen molar-refractivity contribution < 1.29 is 9.47 Å². The van der Waals surface area contributed by atoms with Crippen LogP contribution >= 0.6 is 0 Å². The molecule has 9 aromatic rings. The van der Waals surface area contributed by atoms with Gasteiger partial charge in [-0.3, -0.25) is 0 Å². The van der Waals surface area contributed by atoms with Gasteiger partial charge in [0, 0.05) is 27.7 Å². The lowest BCUT2D eigenvalue weighted by molar-refractivity contribution is 0.360. The van der Waals surface area contributed by atoms with Crippen molar-refractivity contribution in [3.63, 3.8) is 0 Å². The smallest absolute Gasteiger partial charge is 0.178 e. The molecule has 280 valence electrons. The summed E-state index contributed by atoms with van der Waals surface area (Å²) in [4.78, 5) is 15.6. The van der Waals surface area contributed by atoms with E-state index in [0.717, 1.165) is 67.1 Å². The Morgan fingerprint density at radius 2 is 0.864 bits per heavy atom. The van der Waals surface area contributed by atoms with Crippen molar-refractivity contribution in [3.8, 4) is 102 Å². The molecule has 8 aromatic carbocycles. The Hall–Kier alpha value is -7.63. The van der Waals surface area contributed by atoms with Crippen molar-refractivity contribution in [2.75, 3.05) is 0 Å². The zero-order valence-electron chi connectivity index (χ0n) is 32.6. The first kappa shape index (κ1) is 34.6. The van der Waals surface area contributed by atoms with Crippen LogP contribution in [0.3, 0.4) is 0 Å². The molecule has 11 rings (SSSR count). The molecule has 1 aromatic heterocycles. The summed E-state index contributed by atoms with van der Waals surface area (Å²) in [6, 6.07) is 64.8. The summed E-state index contributed by atoms with van der Waals surface area (Å²) >= 11 is 0. The van der Waals surface area contributed by atoms with Crippen LogP contribution in [0.15, 0.2) is 188 Å².